The van der Waals surface area contributed by atoms with Gasteiger partial charge in [-0.15, -0.1) is 0 Å². The van der Waals surface area contributed by atoms with E-state index in [4.69, 9.17) is 23.2 Å². The molecule has 1 unspecified atom stereocenters. The topological polar surface area (TPSA) is 55.2 Å². The zero-order chi connectivity index (χ0) is 14.2. The molecule has 1 aliphatic rings. The van der Waals surface area contributed by atoms with Gasteiger partial charge in [0.1, 0.15) is 0 Å². The SMILES string of the molecule is CC1(C)CCCC1Nc1c(Cl)cc([N+](=O)[O-])cc1Cl. The van der Waals surface area contributed by atoms with Crippen LogP contribution in [-0.2, 0) is 0 Å². The number of benzene rings is 1. The first kappa shape index (κ1) is 14.4. The second-order valence-electron chi connectivity index (χ2n) is 5.62. The van der Waals surface area contributed by atoms with Crippen molar-refractivity contribution in [2.45, 2.75) is 39.2 Å². The maximum atomic E-state index is 10.7. The van der Waals surface area contributed by atoms with Gasteiger partial charge in [-0.3, -0.25) is 10.1 Å². The van der Waals surface area contributed by atoms with Gasteiger partial charge in [-0.25, -0.2) is 0 Å². The molecule has 1 aliphatic carbocycles. The molecule has 19 heavy (non-hydrogen) atoms. The highest BCUT2D eigenvalue weighted by Gasteiger charge is 2.35. The molecule has 0 amide bonds. The summed E-state index contributed by atoms with van der Waals surface area (Å²) < 4.78 is 0. The van der Waals surface area contributed by atoms with Gasteiger partial charge in [0.25, 0.3) is 5.69 Å². The third-order valence-corrected chi connectivity index (χ3v) is 4.41. The molecule has 0 bridgehead atoms. The first-order valence-electron chi connectivity index (χ1n) is 6.21. The van der Waals surface area contributed by atoms with E-state index in [2.05, 4.69) is 19.2 Å². The van der Waals surface area contributed by atoms with Gasteiger partial charge in [0.2, 0.25) is 0 Å². The van der Waals surface area contributed by atoms with E-state index >= 15 is 0 Å². The van der Waals surface area contributed by atoms with Crippen molar-refractivity contribution < 1.29 is 4.92 Å². The highest BCUT2D eigenvalue weighted by molar-refractivity contribution is 6.39. The second-order valence-corrected chi connectivity index (χ2v) is 6.43. The fraction of sp³-hybridized carbons (Fsp3) is 0.538. The minimum absolute atomic E-state index is 0.0915. The molecule has 0 aliphatic heterocycles. The minimum Gasteiger partial charge on any atom is -0.379 e. The fourth-order valence-electron chi connectivity index (χ4n) is 2.57. The summed E-state index contributed by atoms with van der Waals surface area (Å²) >= 11 is 12.2. The van der Waals surface area contributed by atoms with Gasteiger partial charge in [0.05, 0.1) is 20.7 Å². The molecule has 0 radical (unpaired) electrons. The van der Waals surface area contributed by atoms with Crippen molar-refractivity contribution in [2.24, 2.45) is 5.41 Å². The van der Waals surface area contributed by atoms with Crippen LogP contribution in [0.1, 0.15) is 33.1 Å². The first-order chi connectivity index (χ1) is 8.81. The molecule has 2 rings (SSSR count). The van der Waals surface area contributed by atoms with E-state index in [1.165, 1.54) is 12.1 Å². The number of non-ortho nitro benzene ring substituents is 1. The van der Waals surface area contributed by atoms with Gasteiger partial charge in [-0.05, 0) is 18.3 Å². The van der Waals surface area contributed by atoms with Gasteiger partial charge in [0.15, 0.2) is 0 Å². The van der Waals surface area contributed by atoms with Crippen LogP contribution in [0.15, 0.2) is 12.1 Å². The van der Waals surface area contributed by atoms with Crippen LogP contribution in [0.3, 0.4) is 0 Å². The van der Waals surface area contributed by atoms with Gasteiger partial charge in [-0.1, -0.05) is 43.5 Å². The van der Waals surface area contributed by atoms with Crippen molar-refractivity contribution in [3.05, 3.63) is 32.3 Å². The number of nitrogens with zero attached hydrogens (tertiary/aromatic N) is 1. The molecular weight excluding hydrogens is 287 g/mol. The van der Waals surface area contributed by atoms with E-state index in [1.54, 1.807) is 0 Å². The van der Waals surface area contributed by atoms with Crippen LogP contribution in [-0.4, -0.2) is 11.0 Å². The van der Waals surface area contributed by atoms with Crippen LogP contribution in [0.5, 0.6) is 0 Å². The quantitative estimate of drug-likeness (QED) is 0.638. The van der Waals surface area contributed by atoms with Crippen molar-refractivity contribution in [1.29, 1.82) is 0 Å². The molecule has 6 heteroatoms. The van der Waals surface area contributed by atoms with E-state index in [-0.39, 0.29) is 17.1 Å². The van der Waals surface area contributed by atoms with Crippen molar-refractivity contribution in [3.8, 4) is 0 Å². The summed E-state index contributed by atoms with van der Waals surface area (Å²) in [5.74, 6) is 0. The summed E-state index contributed by atoms with van der Waals surface area (Å²) in [6, 6.07) is 2.94. The molecule has 1 atom stereocenters. The first-order valence-corrected chi connectivity index (χ1v) is 6.97. The summed E-state index contributed by atoms with van der Waals surface area (Å²) in [6.45, 7) is 4.40. The lowest BCUT2D eigenvalue weighted by Gasteiger charge is -2.29. The summed E-state index contributed by atoms with van der Waals surface area (Å²) in [7, 11) is 0. The Kier molecular flexibility index (Phi) is 3.92. The Hall–Kier alpha value is -1.00. The average Bonchev–Trinajstić information content (AvgIpc) is 2.62. The molecule has 1 aromatic carbocycles. The van der Waals surface area contributed by atoms with Gasteiger partial charge in [-0.2, -0.15) is 0 Å². The summed E-state index contributed by atoms with van der Waals surface area (Å²) in [4.78, 5) is 10.2. The maximum Gasteiger partial charge on any atom is 0.272 e. The van der Waals surface area contributed by atoms with Crippen LogP contribution in [0.4, 0.5) is 11.4 Å². The maximum absolute atomic E-state index is 10.7. The zero-order valence-electron chi connectivity index (χ0n) is 10.9. The van der Waals surface area contributed by atoms with E-state index in [9.17, 15) is 10.1 Å². The predicted molar refractivity (Wildman–Crippen MR) is 78.2 cm³/mol. The highest BCUT2D eigenvalue weighted by Crippen LogP contribution is 2.42. The molecule has 0 heterocycles. The van der Waals surface area contributed by atoms with Crippen LogP contribution >= 0.6 is 23.2 Å². The monoisotopic (exact) mass is 302 g/mol. The summed E-state index contributed by atoms with van der Waals surface area (Å²) in [6.07, 6.45) is 3.36. The summed E-state index contributed by atoms with van der Waals surface area (Å²) in [5.41, 5.74) is 0.675. The molecule has 0 saturated heterocycles. The number of nitro benzene ring substituents is 1. The smallest absolute Gasteiger partial charge is 0.272 e. The van der Waals surface area contributed by atoms with Crippen molar-refractivity contribution >= 4 is 34.6 Å². The average molecular weight is 303 g/mol. The number of halogens is 2. The third-order valence-electron chi connectivity index (χ3n) is 3.81. The van der Waals surface area contributed by atoms with Crippen molar-refractivity contribution in [1.82, 2.24) is 0 Å². The lowest BCUT2D eigenvalue weighted by molar-refractivity contribution is -0.384. The molecule has 104 valence electrons. The predicted octanol–water partition coefficient (Wildman–Crippen LogP) is 4.89. The Morgan fingerprint density at radius 1 is 1.37 bits per heavy atom. The second kappa shape index (κ2) is 5.17. The van der Waals surface area contributed by atoms with E-state index in [0.717, 1.165) is 19.3 Å². The summed E-state index contributed by atoms with van der Waals surface area (Å²) in [5, 5.41) is 14.7. The van der Waals surface area contributed by atoms with Crippen LogP contribution in [0.2, 0.25) is 10.0 Å². The molecular formula is C13H16Cl2N2O2. The molecule has 0 spiro atoms. The normalized spacial score (nSPS) is 21.4. The molecule has 4 nitrogen and oxygen atoms in total. The highest BCUT2D eigenvalue weighted by atomic mass is 35.5. The van der Waals surface area contributed by atoms with Crippen LogP contribution < -0.4 is 5.32 Å². The minimum atomic E-state index is -0.499. The van der Waals surface area contributed by atoms with Gasteiger partial charge >= 0.3 is 0 Å². The van der Waals surface area contributed by atoms with E-state index < -0.39 is 4.92 Å². The standard InChI is InChI=1S/C13H16Cl2N2O2/c1-13(2)5-3-4-11(13)16-12-9(14)6-8(17(18)19)7-10(12)15/h6-7,11,16H,3-5H2,1-2H3. The molecule has 1 N–H and O–H groups in total. The largest absolute Gasteiger partial charge is 0.379 e. The number of rotatable bonds is 3. The Bertz CT molecular complexity index is 494. The number of nitrogens with one attached hydrogen (secondary N) is 1. The van der Waals surface area contributed by atoms with Gasteiger partial charge < -0.3 is 5.32 Å². The van der Waals surface area contributed by atoms with Crippen LogP contribution in [0, 0.1) is 15.5 Å². The lowest BCUT2D eigenvalue weighted by Crippen LogP contribution is -2.31. The van der Waals surface area contributed by atoms with E-state index in [0.29, 0.717) is 15.7 Å². The van der Waals surface area contributed by atoms with Crippen molar-refractivity contribution in [2.75, 3.05) is 5.32 Å². The zero-order valence-corrected chi connectivity index (χ0v) is 12.4. The molecule has 0 aromatic heterocycles. The van der Waals surface area contributed by atoms with Crippen LogP contribution in [0.25, 0.3) is 0 Å². The van der Waals surface area contributed by atoms with Crippen molar-refractivity contribution in [3.63, 3.8) is 0 Å². The fourth-order valence-corrected chi connectivity index (χ4v) is 3.16. The number of hydrogen-bond acceptors (Lipinski definition) is 3. The number of hydrogen-bond donors (Lipinski definition) is 1. The molecule has 1 aromatic rings. The molecule has 1 saturated carbocycles. The lowest BCUT2D eigenvalue weighted by atomic mass is 9.87. The Balaban J connectivity index is 2.28. The van der Waals surface area contributed by atoms with Gasteiger partial charge in [0, 0.05) is 18.2 Å². The Morgan fingerprint density at radius 2 is 1.95 bits per heavy atom. The number of anilines is 1. The number of nitro groups is 1. The third kappa shape index (κ3) is 2.95. The Labute approximate surface area is 122 Å². The Morgan fingerprint density at radius 3 is 2.37 bits per heavy atom. The van der Waals surface area contributed by atoms with E-state index in [1.807, 2.05) is 0 Å². The molecule has 1 fully saturated rings.